The minimum atomic E-state index is 0.153. The Hall–Kier alpha value is -2.82. The molecule has 0 bridgehead atoms. The van der Waals surface area contributed by atoms with E-state index in [0.29, 0.717) is 12.4 Å². The number of rotatable bonds is 7. The van der Waals surface area contributed by atoms with E-state index in [1.807, 2.05) is 36.6 Å². The fraction of sp³-hybridized carbons (Fsp3) is 0.333. The van der Waals surface area contributed by atoms with Crippen LogP contribution in [0.25, 0.3) is 0 Å². The number of methoxy groups -OCH3 is 3. The second-order valence-corrected chi connectivity index (χ2v) is 6.30. The van der Waals surface area contributed by atoms with Gasteiger partial charge in [-0.25, -0.2) is 0 Å². The van der Waals surface area contributed by atoms with Crippen molar-refractivity contribution < 1.29 is 24.1 Å². The van der Waals surface area contributed by atoms with E-state index in [-0.39, 0.29) is 11.7 Å². The number of phenols is 1. The second kappa shape index (κ2) is 8.04. The average Bonchev–Trinajstić information content (AvgIpc) is 3.09. The van der Waals surface area contributed by atoms with Crippen LogP contribution in [0.3, 0.4) is 0 Å². The minimum Gasteiger partial charge on any atom is -0.504 e. The Kier molecular flexibility index (Phi) is 5.56. The van der Waals surface area contributed by atoms with Gasteiger partial charge in [0.05, 0.1) is 34.2 Å². The molecule has 1 aliphatic rings. The van der Waals surface area contributed by atoms with E-state index in [2.05, 4.69) is 0 Å². The molecule has 0 saturated heterocycles. The van der Waals surface area contributed by atoms with Gasteiger partial charge in [0.25, 0.3) is 0 Å². The molecule has 1 heterocycles. The smallest absolute Gasteiger partial charge is 0.160 e. The van der Waals surface area contributed by atoms with Crippen LogP contribution in [-0.2, 0) is 17.6 Å². The van der Waals surface area contributed by atoms with Crippen LogP contribution in [0.4, 0.5) is 0 Å². The molecule has 2 aromatic rings. The molecule has 138 valence electrons. The van der Waals surface area contributed by atoms with Crippen LogP contribution in [0.15, 0.2) is 48.2 Å². The van der Waals surface area contributed by atoms with Crippen LogP contribution < -0.4 is 14.2 Å². The lowest BCUT2D eigenvalue weighted by molar-refractivity contribution is 0.248. The lowest BCUT2D eigenvalue weighted by atomic mass is 9.90. The first kappa shape index (κ1) is 18.0. The predicted molar refractivity (Wildman–Crippen MR) is 99.1 cm³/mol. The molecule has 0 aromatic heterocycles. The second-order valence-electron chi connectivity index (χ2n) is 6.30. The van der Waals surface area contributed by atoms with Gasteiger partial charge in [0.15, 0.2) is 23.0 Å². The Bertz CT molecular complexity index is 797. The molecule has 26 heavy (non-hydrogen) atoms. The first-order valence-corrected chi connectivity index (χ1v) is 8.52. The molecular formula is C21H24O5. The van der Waals surface area contributed by atoms with Crippen LogP contribution in [0, 0.1) is 5.92 Å². The highest BCUT2D eigenvalue weighted by Crippen LogP contribution is 2.33. The molecule has 0 amide bonds. The van der Waals surface area contributed by atoms with Gasteiger partial charge in [0.1, 0.15) is 0 Å². The van der Waals surface area contributed by atoms with Gasteiger partial charge < -0.3 is 24.1 Å². The van der Waals surface area contributed by atoms with E-state index in [1.54, 1.807) is 27.4 Å². The van der Waals surface area contributed by atoms with Crippen molar-refractivity contribution in [3.63, 3.8) is 0 Å². The number of hydrogen-bond donors (Lipinski definition) is 1. The van der Waals surface area contributed by atoms with Crippen molar-refractivity contribution in [3.8, 4) is 23.0 Å². The summed E-state index contributed by atoms with van der Waals surface area (Å²) in [6.45, 7) is 0.659. The number of hydrogen-bond acceptors (Lipinski definition) is 5. The number of aromatic hydroxyl groups is 1. The van der Waals surface area contributed by atoms with Crippen molar-refractivity contribution in [1.82, 2.24) is 0 Å². The van der Waals surface area contributed by atoms with Gasteiger partial charge in [-0.1, -0.05) is 12.1 Å². The summed E-state index contributed by atoms with van der Waals surface area (Å²) < 4.78 is 21.5. The summed E-state index contributed by atoms with van der Waals surface area (Å²) in [5.41, 5.74) is 3.49. The van der Waals surface area contributed by atoms with Gasteiger partial charge in [-0.2, -0.15) is 0 Å². The van der Waals surface area contributed by atoms with Gasteiger partial charge in [-0.15, -0.1) is 0 Å². The molecule has 5 heteroatoms. The van der Waals surface area contributed by atoms with Crippen LogP contribution in [0.2, 0.25) is 0 Å². The van der Waals surface area contributed by atoms with E-state index >= 15 is 0 Å². The lowest BCUT2D eigenvalue weighted by Gasteiger charge is -2.15. The Morgan fingerprint density at radius 1 is 0.923 bits per heavy atom. The molecule has 0 saturated carbocycles. The van der Waals surface area contributed by atoms with Crippen molar-refractivity contribution in [2.24, 2.45) is 5.92 Å². The molecule has 1 aliphatic heterocycles. The van der Waals surface area contributed by atoms with E-state index in [1.165, 1.54) is 5.57 Å². The lowest BCUT2D eigenvalue weighted by Crippen LogP contribution is -2.10. The van der Waals surface area contributed by atoms with Crippen molar-refractivity contribution in [3.05, 3.63) is 59.4 Å². The molecule has 5 nitrogen and oxygen atoms in total. The summed E-state index contributed by atoms with van der Waals surface area (Å²) in [4.78, 5) is 0. The zero-order valence-electron chi connectivity index (χ0n) is 15.3. The highest BCUT2D eigenvalue weighted by Gasteiger charge is 2.22. The molecule has 0 aliphatic carbocycles. The monoisotopic (exact) mass is 356 g/mol. The van der Waals surface area contributed by atoms with Crippen LogP contribution in [-0.4, -0.2) is 33.0 Å². The molecule has 3 rings (SSSR count). The third kappa shape index (κ3) is 3.87. The number of benzene rings is 2. The van der Waals surface area contributed by atoms with Crippen molar-refractivity contribution >= 4 is 0 Å². The summed E-state index contributed by atoms with van der Waals surface area (Å²) in [5.74, 6) is 2.38. The summed E-state index contributed by atoms with van der Waals surface area (Å²) in [6, 6.07) is 11.4. The Morgan fingerprint density at radius 3 is 2.35 bits per heavy atom. The molecular weight excluding hydrogens is 332 g/mol. The first-order valence-electron chi connectivity index (χ1n) is 8.52. The maximum Gasteiger partial charge on any atom is 0.160 e. The fourth-order valence-corrected chi connectivity index (χ4v) is 3.21. The van der Waals surface area contributed by atoms with Gasteiger partial charge in [0.2, 0.25) is 0 Å². The Balaban J connectivity index is 1.72. The highest BCUT2D eigenvalue weighted by atomic mass is 16.5. The average molecular weight is 356 g/mol. The summed E-state index contributed by atoms with van der Waals surface area (Å²) in [5, 5.41) is 9.75. The van der Waals surface area contributed by atoms with Crippen molar-refractivity contribution in [1.29, 1.82) is 0 Å². The van der Waals surface area contributed by atoms with Crippen molar-refractivity contribution in [2.75, 3.05) is 27.9 Å². The van der Waals surface area contributed by atoms with Gasteiger partial charge in [-0.05, 0) is 53.8 Å². The third-order valence-electron chi connectivity index (χ3n) is 4.64. The van der Waals surface area contributed by atoms with Gasteiger partial charge in [-0.3, -0.25) is 0 Å². The Morgan fingerprint density at radius 2 is 1.62 bits per heavy atom. The Labute approximate surface area is 153 Å². The normalized spacial score (nSPS) is 16.0. The molecule has 0 unspecified atom stereocenters. The van der Waals surface area contributed by atoms with E-state index in [9.17, 15) is 5.11 Å². The maximum atomic E-state index is 9.75. The molecule has 1 atom stereocenters. The first-order chi connectivity index (χ1) is 12.6. The largest absolute Gasteiger partial charge is 0.504 e. The van der Waals surface area contributed by atoms with Crippen LogP contribution in [0.1, 0.15) is 11.1 Å². The topological polar surface area (TPSA) is 57.2 Å². The predicted octanol–water partition coefficient (Wildman–Crippen LogP) is 3.73. The maximum absolute atomic E-state index is 9.75. The summed E-state index contributed by atoms with van der Waals surface area (Å²) >= 11 is 0. The zero-order valence-corrected chi connectivity index (χ0v) is 15.3. The summed E-state index contributed by atoms with van der Waals surface area (Å²) in [6.07, 6.45) is 3.48. The fourth-order valence-electron chi connectivity index (χ4n) is 3.21. The molecule has 1 N–H and O–H groups in total. The zero-order chi connectivity index (χ0) is 18.5. The van der Waals surface area contributed by atoms with E-state index in [4.69, 9.17) is 18.9 Å². The number of phenolic OH excluding ortho intramolecular Hbond substituents is 1. The summed E-state index contributed by atoms with van der Waals surface area (Å²) in [7, 11) is 4.83. The third-order valence-corrected chi connectivity index (χ3v) is 4.64. The van der Waals surface area contributed by atoms with Gasteiger partial charge in [0, 0.05) is 5.92 Å². The molecule has 0 radical (unpaired) electrons. The minimum absolute atomic E-state index is 0.153. The molecule has 2 aromatic carbocycles. The van der Waals surface area contributed by atoms with E-state index < -0.39 is 0 Å². The molecule has 0 spiro atoms. The van der Waals surface area contributed by atoms with E-state index in [0.717, 1.165) is 35.5 Å². The van der Waals surface area contributed by atoms with Crippen LogP contribution in [0.5, 0.6) is 23.0 Å². The molecule has 0 fully saturated rings. The number of ether oxygens (including phenoxy) is 4. The highest BCUT2D eigenvalue weighted by molar-refractivity contribution is 5.45. The van der Waals surface area contributed by atoms with Crippen LogP contribution >= 0.6 is 0 Å². The standard InChI is InChI=1S/C21H24O5/c1-23-19-7-5-15(11-21(19)25-3)9-17-13-26-12-16(17)8-14-4-6-18(22)20(10-14)24-2/h4-7,10-11,13,16,22H,8-9,12H2,1-3H3/t16-/m0/s1. The van der Waals surface area contributed by atoms with Crippen molar-refractivity contribution in [2.45, 2.75) is 12.8 Å². The SMILES string of the molecule is COc1cc(C[C@H]2COC=C2Cc2ccc(OC)c(OC)c2)ccc1O. The quantitative estimate of drug-likeness (QED) is 0.819. The van der Waals surface area contributed by atoms with Gasteiger partial charge >= 0.3 is 0 Å².